The summed E-state index contributed by atoms with van der Waals surface area (Å²) in [5.74, 6) is 2.17. The molecule has 0 saturated carbocycles. The third-order valence-corrected chi connectivity index (χ3v) is 8.54. The van der Waals surface area contributed by atoms with E-state index >= 15 is 0 Å². The van der Waals surface area contributed by atoms with Crippen LogP contribution in [0.5, 0.6) is 0 Å². The zero-order chi connectivity index (χ0) is 37.6. The molecular formula is C42H30IrN12-6. The number of rotatable bonds is 3. The second kappa shape index (κ2) is 16.8. The van der Waals surface area contributed by atoms with Gasteiger partial charge < -0.3 is 29.4 Å². The molecule has 0 N–H and O–H groups in total. The predicted octanol–water partition coefficient (Wildman–Crippen LogP) is 8.06. The molecule has 0 aliphatic carbocycles. The number of nitriles is 2. The van der Waals surface area contributed by atoms with Crippen molar-refractivity contribution < 1.29 is 20.1 Å². The fourth-order valence-corrected chi connectivity index (χ4v) is 5.99. The Morgan fingerprint density at radius 3 is 1.25 bits per heavy atom. The summed E-state index contributed by atoms with van der Waals surface area (Å²) in [6.07, 6.45) is 5.19. The molecule has 3 aliphatic heterocycles. The van der Waals surface area contributed by atoms with Gasteiger partial charge in [0.25, 0.3) is 0 Å². The average molecular weight is 895 g/mol. The Morgan fingerprint density at radius 1 is 0.564 bits per heavy atom. The molecule has 9 rings (SSSR count). The standard InChI is InChI=1S/3C14H10N4.Ir/c1-15-11-6-7-12-13(9-11)18(10-17(12)2)14-5-3-4-8-16-14;2*1-17-10-18(14-4-2-3-7-16-14)13-8-11(9-15)5-6-12(13)17;/h3-4,6-10H,2H3;2*2-3,5-8,10H,1H3;/q3*-2;. The first-order chi connectivity index (χ1) is 26.4. The normalized spacial score (nSPS) is 13.1. The van der Waals surface area contributed by atoms with Crippen molar-refractivity contribution in [1.29, 1.82) is 10.5 Å². The quantitative estimate of drug-likeness (QED) is 0.161. The van der Waals surface area contributed by atoms with Gasteiger partial charge in [-0.25, -0.2) is 41.2 Å². The Labute approximate surface area is 334 Å². The van der Waals surface area contributed by atoms with E-state index in [1.165, 1.54) is 0 Å². The Bertz CT molecular complexity index is 2120. The summed E-state index contributed by atoms with van der Waals surface area (Å²) in [7, 11) is 5.90. The first kappa shape index (κ1) is 37.8. The van der Waals surface area contributed by atoms with E-state index in [1.54, 1.807) is 18.6 Å². The maximum absolute atomic E-state index is 8.98. The second-order valence-corrected chi connectivity index (χ2v) is 12.0. The van der Waals surface area contributed by atoms with Gasteiger partial charge in [0.2, 0.25) is 0 Å². The smallest absolute Gasteiger partial charge is 0.189 e. The monoisotopic (exact) mass is 895 g/mol. The van der Waals surface area contributed by atoms with Crippen LogP contribution in [0, 0.1) is 67.4 Å². The number of hydrogen-bond acceptors (Lipinski definition) is 11. The maximum atomic E-state index is 8.98. The fourth-order valence-electron chi connectivity index (χ4n) is 5.99. The van der Waals surface area contributed by atoms with Crippen molar-refractivity contribution in [2.24, 2.45) is 0 Å². The van der Waals surface area contributed by atoms with Gasteiger partial charge in [0.1, 0.15) is 0 Å². The van der Waals surface area contributed by atoms with E-state index in [0.717, 1.165) is 51.6 Å². The summed E-state index contributed by atoms with van der Waals surface area (Å²) in [5, 5.41) is 18.0. The second-order valence-electron chi connectivity index (χ2n) is 12.0. The Morgan fingerprint density at radius 2 is 0.927 bits per heavy atom. The molecule has 0 saturated heterocycles. The molecular weight excluding hydrogens is 865 g/mol. The third kappa shape index (κ3) is 7.88. The Balaban J connectivity index is 0.000000139. The van der Waals surface area contributed by atoms with E-state index in [9.17, 15) is 0 Å². The van der Waals surface area contributed by atoms with Gasteiger partial charge in [0, 0.05) is 71.7 Å². The minimum atomic E-state index is 0. The minimum absolute atomic E-state index is 0. The molecule has 55 heavy (non-hydrogen) atoms. The minimum Gasteiger partial charge on any atom is -0.504 e. The van der Waals surface area contributed by atoms with Crippen molar-refractivity contribution in [3.8, 4) is 12.1 Å². The average Bonchev–Trinajstić information content (AvgIpc) is 3.88. The molecule has 0 spiro atoms. The van der Waals surface area contributed by atoms with E-state index in [2.05, 4.69) is 50.1 Å². The molecule has 6 heterocycles. The van der Waals surface area contributed by atoms with Crippen LogP contribution in [0.25, 0.3) is 4.85 Å². The molecule has 12 nitrogen and oxygen atoms in total. The molecule has 0 fully saturated rings. The topological polar surface area (TPSA) is 110 Å². The number of aromatic nitrogens is 3. The molecule has 3 aromatic carbocycles. The van der Waals surface area contributed by atoms with Crippen molar-refractivity contribution in [3.63, 3.8) is 0 Å². The van der Waals surface area contributed by atoms with E-state index in [0.29, 0.717) is 16.8 Å². The Kier molecular flexibility index (Phi) is 11.5. The van der Waals surface area contributed by atoms with Gasteiger partial charge in [-0.15, -0.1) is 0 Å². The Hall–Kier alpha value is -6.97. The summed E-state index contributed by atoms with van der Waals surface area (Å²) < 4.78 is 0. The molecule has 13 heteroatoms. The van der Waals surface area contributed by atoms with Crippen molar-refractivity contribution in [2.45, 2.75) is 0 Å². The van der Waals surface area contributed by atoms with Crippen LogP contribution in [0.1, 0.15) is 11.1 Å². The number of nitrogens with zero attached hydrogens (tertiary/aromatic N) is 12. The van der Waals surface area contributed by atoms with Crippen LogP contribution in [0.4, 0.5) is 57.3 Å². The van der Waals surface area contributed by atoms with Gasteiger partial charge in [-0.2, -0.15) is 48.7 Å². The van der Waals surface area contributed by atoms with Crippen LogP contribution in [-0.2, 0) is 20.1 Å². The number of fused-ring (bicyclic) bond motifs is 3. The zero-order valence-electron chi connectivity index (χ0n) is 29.8. The molecule has 0 bridgehead atoms. The summed E-state index contributed by atoms with van der Waals surface area (Å²) in [6, 6.07) is 41.4. The van der Waals surface area contributed by atoms with Crippen molar-refractivity contribution in [1.82, 2.24) is 15.0 Å². The van der Waals surface area contributed by atoms with Crippen LogP contribution in [0.3, 0.4) is 0 Å². The van der Waals surface area contributed by atoms with Gasteiger partial charge in [-0.05, 0) is 69.7 Å². The molecule has 0 unspecified atom stereocenters. The SMILES string of the molecule is CN1[CH-]N(c2[c-]cccn2)c2cc(C#N)ccc21.CN1[CH-]N(c2[c-]cccn2)c2cc(C#N)ccc21.[C-]#[N+]c1ccc2c(c1)N(c1[c-]cccn1)[CH-]N2C.[Ir]. The molecule has 0 atom stereocenters. The largest absolute Gasteiger partial charge is 0.504 e. The summed E-state index contributed by atoms with van der Waals surface area (Å²) >= 11 is 0. The van der Waals surface area contributed by atoms with Gasteiger partial charge in [-0.1, -0.05) is 24.7 Å². The van der Waals surface area contributed by atoms with Crippen molar-refractivity contribution in [2.75, 3.05) is 50.5 Å². The number of hydrogen-bond donors (Lipinski definition) is 0. The van der Waals surface area contributed by atoms with Crippen LogP contribution < -0.4 is 29.4 Å². The van der Waals surface area contributed by atoms with Crippen molar-refractivity contribution >= 4 is 57.3 Å². The van der Waals surface area contributed by atoms with E-state index in [-0.39, 0.29) is 20.1 Å². The molecule has 3 aromatic heterocycles. The van der Waals surface area contributed by atoms with Crippen molar-refractivity contribution in [3.05, 3.63) is 170 Å². The van der Waals surface area contributed by atoms with E-state index in [1.807, 2.05) is 162 Å². The van der Waals surface area contributed by atoms with Gasteiger partial charge >= 0.3 is 0 Å². The van der Waals surface area contributed by atoms with Crippen LogP contribution >= 0.6 is 0 Å². The molecule has 0 amide bonds. The maximum Gasteiger partial charge on any atom is 0.189 e. The molecule has 6 aromatic rings. The third-order valence-electron chi connectivity index (χ3n) is 8.54. The van der Waals surface area contributed by atoms with Gasteiger partial charge in [0.05, 0.1) is 29.8 Å². The van der Waals surface area contributed by atoms with Crippen LogP contribution in [0.15, 0.2) is 110 Å². The summed E-state index contributed by atoms with van der Waals surface area (Å²) in [6.45, 7) is 12.9. The van der Waals surface area contributed by atoms with Crippen LogP contribution in [0.2, 0.25) is 0 Å². The summed E-state index contributed by atoms with van der Waals surface area (Å²) in [4.78, 5) is 28.1. The zero-order valence-corrected chi connectivity index (χ0v) is 32.2. The first-order valence-electron chi connectivity index (χ1n) is 16.6. The fraction of sp³-hybridized carbons (Fsp3) is 0.0714. The summed E-state index contributed by atoms with van der Waals surface area (Å²) in [5.41, 5.74) is 7.91. The van der Waals surface area contributed by atoms with Crippen LogP contribution in [-0.4, -0.2) is 36.1 Å². The number of benzene rings is 3. The van der Waals surface area contributed by atoms with E-state index < -0.39 is 0 Å². The number of anilines is 9. The van der Waals surface area contributed by atoms with Gasteiger partial charge in [0.15, 0.2) is 5.69 Å². The predicted molar refractivity (Wildman–Crippen MR) is 209 cm³/mol. The molecule has 3 aliphatic rings. The van der Waals surface area contributed by atoms with Gasteiger partial charge in [-0.3, -0.25) is 15.0 Å². The molecule has 1 radical (unpaired) electrons. The first-order valence-corrected chi connectivity index (χ1v) is 16.6. The number of pyridine rings is 3. The van der Waals surface area contributed by atoms with E-state index in [4.69, 9.17) is 17.1 Å². The molecule has 273 valence electrons.